The van der Waals surface area contributed by atoms with Crippen LogP contribution < -0.4 is 15.6 Å². The zero-order chi connectivity index (χ0) is 27.8. The molecule has 0 saturated carbocycles. The number of amides is 1. The van der Waals surface area contributed by atoms with Crippen molar-refractivity contribution in [3.63, 3.8) is 0 Å². The molecule has 0 aliphatic carbocycles. The maximum Gasteiger partial charge on any atom is 0.261 e. The first-order chi connectivity index (χ1) is 19.4. The summed E-state index contributed by atoms with van der Waals surface area (Å²) in [6.07, 6.45) is 2.68. The number of ether oxygens (including phenoxy) is 1. The molecule has 208 valence electrons. The highest BCUT2D eigenvalue weighted by Crippen LogP contribution is 2.32. The lowest BCUT2D eigenvalue weighted by atomic mass is 10.0. The van der Waals surface area contributed by atoms with Gasteiger partial charge < -0.3 is 34.9 Å². The van der Waals surface area contributed by atoms with Gasteiger partial charge in [0.25, 0.3) is 11.5 Å². The summed E-state index contributed by atoms with van der Waals surface area (Å²) < 4.78 is 6.51. The number of halogens is 1. The zero-order valence-corrected chi connectivity index (χ0v) is 23.7. The van der Waals surface area contributed by atoms with Crippen LogP contribution in [0.2, 0.25) is 0 Å². The molecule has 1 atom stereocenters. The summed E-state index contributed by atoms with van der Waals surface area (Å²) in [6, 6.07) is 13.2. The lowest BCUT2D eigenvalue weighted by Gasteiger charge is -2.34. The van der Waals surface area contributed by atoms with Crippen molar-refractivity contribution in [3.8, 4) is 17.1 Å². The molecule has 2 aliphatic heterocycles. The molecule has 40 heavy (non-hydrogen) atoms. The average molecular weight is 608 g/mol. The summed E-state index contributed by atoms with van der Waals surface area (Å²) in [5.41, 5.74) is 3.58. The first kappa shape index (κ1) is 26.5. The third kappa shape index (κ3) is 5.24. The molecule has 4 aromatic rings. The molecule has 0 bridgehead atoms. The van der Waals surface area contributed by atoms with E-state index in [9.17, 15) is 14.7 Å². The van der Waals surface area contributed by atoms with E-state index >= 15 is 0 Å². The minimum absolute atomic E-state index is 0.0506. The smallest absolute Gasteiger partial charge is 0.261 e. The molecular weight excluding hydrogens is 576 g/mol. The van der Waals surface area contributed by atoms with Crippen molar-refractivity contribution in [1.29, 1.82) is 0 Å². The Morgan fingerprint density at radius 2 is 2.00 bits per heavy atom. The van der Waals surface area contributed by atoms with E-state index in [4.69, 9.17) is 9.72 Å². The number of imidazole rings is 1. The van der Waals surface area contributed by atoms with E-state index in [1.807, 2.05) is 41.3 Å². The number of aliphatic hydroxyl groups is 1. The number of H-pyrrole nitrogens is 2. The fourth-order valence-electron chi connectivity index (χ4n) is 5.46. The number of hydrogen-bond donors (Lipinski definition) is 4. The van der Waals surface area contributed by atoms with Gasteiger partial charge in [0.15, 0.2) is 0 Å². The number of hydrogen-bond acceptors (Lipinski definition) is 7. The van der Waals surface area contributed by atoms with Gasteiger partial charge in [-0.15, -0.1) is 0 Å². The van der Waals surface area contributed by atoms with E-state index in [1.165, 1.54) is 0 Å². The summed E-state index contributed by atoms with van der Waals surface area (Å²) in [5, 5.41) is 13.7. The van der Waals surface area contributed by atoms with Gasteiger partial charge in [-0.25, -0.2) is 4.98 Å². The largest absolute Gasteiger partial charge is 0.490 e. The van der Waals surface area contributed by atoms with Crippen LogP contribution in [0.1, 0.15) is 28.8 Å². The molecule has 2 aliphatic rings. The van der Waals surface area contributed by atoms with E-state index in [0.29, 0.717) is 40.4 Å². The fraction of sp³-hybridized carbons (Fsp3) is 0.345. The maximum absolute atomic E-state index is 13.3. The van der Waals surface area contributed by atoms with Crippen LogP contribution in [0.5, 0.6) is 5.75 Å². The molecule has 4 heterocycles. The Morgan fingerprint density at radius 1 is 1.20 bits per heavy atom. The van der Waals surface area contributed by atoms with Gasteiger partial charge in [-0.05, 0) is 84.8 Å². The van der Waals surface area contributed by atoms with E-state index in [1.54, 1.807) is 12.3 Å². The fourth-order valence-corrected chi connectivity index (χ4v) is 5.86. The number of para-hydroxylation sites is 1. The molecule has 1 unspecified atom stereocenters. The van der Waals surface area contributed by atoms with Crippen molar-refractivity contribution in [2.75, 3.05) is 38.6 Å². The Morgan fingerprint density at radius 3 is 2.80 bits per heavy atom. The van der Waals surface area contributed by atoms with Crippen LogP contribution >= 0.6 is 15.9 Å². The Kier molecular flexibility index (Phi) is 7.35. The molecule has 2 aromatic carbocycles. The SMILES string of the molecule is CN1CCC(N2Cc3cc4[nH]c(-c5c(NCC(O)COc6ccccc6Br)cc[nH]c5=O)nc4cc3C2=O)CC1. The van der Waals surface area contributed by atoms with Gasteiger partial charge in [-0.3, -0.25) is 9.59 Å². The number of carbonyl (C=O) groups excluding carboxylic acids is 1. The van der Waals surface area contributed by atoms with Crippen molar-refractivity contribution in [3.05, 3.63) is 74.6 Å². The second-order valence-corrected chi connectivity index (χ2v) is 11.3. The highest BCUT2D eigenvalue weighted by atomic mass is 79.9. The predicted molar refractivity (Wildman–Crippen MR) is 157 cm³/mol. The number of carbonyl (C=O) groups is 1. The summed E-state index contributed by atoms with van der Waals surface area (Å²) in [5.74, 6) is 1.08. The molecule has 2 aromatic heterocycles. The quantitative estimate of drug-likeness (QED) is 0.241. The number of pyridine rings is 1. The van der Waals surface area contributed by atoms with Crippen LogP contribution in [0, 0.1) is 0 Å². The molecule has 1 saturated heterocycles. The molecule has 4 N–H and O–H groups in total. The topological polar surface area (TPSA) is 127 Å². The predicted octanol–water partition coefficient (Wildman–Crippen LogP) is 3.58. The van der Waals surface area contributed by atoms with Crippen LogP contribution in [0.3, 0.4) is 0 Å². The Bertz CT molecular complexity index is 1610. The number of aliphatic hydroxyl groups excluding tert-OH is 1. The van der Waals surface area contributed by atoms with Crippen molar-refractivity contribution in [2.45, 2.75) is 31.5 Å². The highest BCUT2D eigenvalue weighted by Gasteiger charge is 2.34. The Labute approximate surface area is 239 Å². The van der Waals surface area contributed by atoms with Gasteiger partial charge in [0.1, 0.15) is 29.8 Å². The van der Waals surface area contributed by atoms with Gasteiger partial charge in [0.05, 0.1) is 21.2 Å². The molecule has 11 heteroatoms. The number of nitrogens with zero attached hydrogens (tertiary/aromatic N) is 3. The van der Waals surface area contributed by atoms with Crippen molar-refractivity contribution in [2.24, 2.45) is 0 Å². The van der Waals surface area contributed by atoms with Crippen molar-refractivity contribution < 1.29 is 14.6 Å². The van der Waals surface area contributed by atoms with Crippen LogP contribution in [0.4, 0.5) is 5.69 Å². The second kappa shape index (κ2) is 11.1. The van der Waals surface area contributed by atoms with E-state index in [2.05, 4.69) is 43.2 Å². The van der Waals surface area contributed by atoms with Crippen LogP contribution in [0.25, 0.3) is 22.4 Å². The summed E-state index contributed by atoms with van der Waals surface area (Å²) >= 11 is 3.43. The molecule has 6 rings (SSSR count). The normalized spacial score (nSPS) is 16.9. The molecular formula is C29H31BrN6O4. The van der Waals surface area contributed by atoms with Crippen LogP contribution in [0.15, 0.2) is 57.9 Å². The number of aromatic nitrogens is 3. The Balaban J connectivity index is 1.19. The highest BCUT2D eigenvalue weighted by molar-refractivity contribution is 9.10. The minimum atomic E-state index is -0.823. The first-order valence-electron chi connectivity index (χ1n) is 13.4. The number of fused-ring (bicyclic) bond motifs is 2. The lowest BCUT2D eigenvalue weighted by Crippen LogP contribution is -2.43. The monoisotopic (exact) mass is 606 g/mol. The first-order valence-corrected chi connectivity index (χ1v) is 14.2. The second-order valence-electron chi connectivity index (χ2n) is 10.5. The molecule has 0 radical (unpaired) electrons. The van der Waals surface area contributed by atoms with Gasteiger partial charge in [0.2, 0.25) is 0 Å². The molecule has 1 amide bonds. The molecule has 1 fully saturated rings. The van der Waals surface area contributed by atoms with Gasteiger partial charge >= 0.3 is 0 Å². The number of benzene rings is 2. The third-order valence-electron chi connectivity index (χ3n) is 7.66. The minimum Gasteiger partial charge on any atom is -0.490 e. The number of piperidine rings is 1. The summed E-state index contributed by atoms with van der Waals surface area (Å²) in [4.78, 5) is 41.2. The number of likely N-dealkylation sites (tertiary alicyclic amines) is 1. The Hall–Kier alpha value is -3.67. The zero-order valence-electron chi connectivity index (χ0n) is 22.1. The van der Waals surface area contributed by atoms with E-state index < -0.39 is 6.10 Å². The van der Waals surface area contributed by atoms with Gasteiger partial charge in [-0.1, -0.05) is 12.1 Å². The third-order valence-corrected chi connectivity index (χ3v) is 8.32. The standard InChI is InChI=1S/C29H31BrN6O4/c1-35-10-7-18(8-11-35)36-15-17-12-23-24(13-20(17)29(36)39)34-27(33-23)26-22(6-9-31-28(26)38)32-14-19(37)16-40-25-5-3-2-4-21(25)30/h2-6,9,12-13,18-19,37H,7-8,10-11,14-16H2,1H3,(H,33,34)(H2,31,32,38). The summed E-state index contributed by atoms with van der Waals surface area (Å²) in [7, 11) is 2.11. The number of anilines is 1. The van der Waals surface area contributed by atoms with Crippen molar-refractivity contribution >= 4 is 38.6 Å². The average Bonchev–Trinajstić information content (AvgIpc) is 3.50. The molecule has 0 spiro atoms. The van der Waals surface area contributed by atoms with Gasteiger partial charge in [0, 0.05) is 30.9 Å². The van der Waals surface area contributed by atoms with Gasteiger partial charge in [-0.2, -0.15) is 0 Å². The van der Waals surface area contributed by atoms with Crippen molar-refractivity contribution in [1.82, 2.24) is 24.8 Å². The number of rotatable bonds is 8. The summed E-state index contributed by atoms with van der Waals surface area (Å²) in [6.45, 7) is 2.81. The van der Waals surface area contributed by atoms with Crippen LogP contribution in [-0.2, 0) is 6.54 Å². The molecule has 10 nitrogen and oxygen atoms in total. The maximum atomic E-state index is 13.3. The number of nitrogens with one attached hydrogen (secondary N) is 3. The lowest BCUT2D eigenvalue weighted by molar-refractivity contribution is 0.0617. The van der Waals surface area contributed by atoms with Crippen LogP contribution in [-0.4, -0.2) is 81.2 Å². The number of aromatic amines is 2. The van der Waals surface area contributed by atoms with E-state index in [0.717, 1.165) is 41.5 Å². The van der Waals surface area contributed by atoms with E-state index in [-0.39, 0.29) is 30.7 Å².